The van der Waals surface area contributed by atoms with Crippen molar-refractivity contribution in [1.29, 1.82) is 0 Å². The second-order valence-corrected chi connectivity index (χ2v) is 8.48. The maximum absolute atomic E-state index is 13.4. The Bertz CT molecular complexity index is 1220. The zero-order chi connectivity index (χ0) is 22.0. The average molecular weight is 438 g/mol. The van der Waals surface area contributed by atoms with E-state index in [2.05, 4.69) is 0 Å². The van der Waals surface area contributed by atoms with E-state index < -0.39 is 40.8 Å². The number of carboxylic acid groups (broad SMARTS) is 1. The lowest BCUT2D eigenvalue weighted by Crippen LogP contribution is -2.39. The molecule has 0 radical (unpaired) electrons. The van der Waals surface area contributed by atoms with Gasteiger partial charge in [0, 0.05) is 17.5 Å². The first-order valence-electron chi connectivity index (χ1n) is 9.20. The monoisotopic (exact) mass is 438 g/mol. The van der Waals surface area contributed by atoms with Gasteiger partial charge in [-0.05, 0) is 30.3 Å². The SMILES string of the molecule is NC1=C2C(=O)Oc3cc(O)ccc3[C@H]2[C@H]2C(=O)N(c3ccc(C(=O)O)cc3)C(=O)[C@H]2S1. The summed E-state index contributed by atoms with van der Waals surface area (Å²) in [5.74, 6) is -4.57. The van der Waals surface area contributed by atoms with Gasteiger partial charge in [0.2, 0.25) is 11.8 Å². The van der Waals surface area contributed by atoms with E-state index in [1.165, 1.54) is 36.4 Å². The molecule has 1 saturated heterocycles. The highest BCUT2D eigenvalue weighted by Gasteiger charge is 2.58. The van der Waals surface area contributed by atoms with Crippen LogP contribution in [-0.4, -0.2) is 39.2 Å². The van der Waals surface area contributed by atoms with Gasteiger partial charge in [-0.15, -0.1) is 0 Å². The molecule has 10 heteroatoms. The van der Waals surface area contributed by atoms with Gasteiger partial charge >= 0.3 is 11.9 Å². The lowest BCUT2D eigenvalue weighted by atomic mass is 9.77. The maximum Gasteiger partial charge on any atom is 0.342 e. The number of ether oxygens (including phenoxy) is 1. The summed E-state index contributed by atoms with van der Waals surface area (Å²) >= 11 is 0.944. The Labute approximate surface area is 179 Å². The quantitative estimate of drug-likeness (QED) is 0.361. The van der Waals surface area contributed by atoms with E-state index in [0.29, 0.717) is 5.56 Å². The van der Waals surface area contributed by atoms with E-state index in [4.69, 9.17) is 15.6 Å². The summed E-state index contributed by atoms with van der Waals surface area (Å²) in [6, 6.07) is 9.62. The number of amides is 2. The molecule has 0 spiro atoms. The number of carbonyl (C=O) groups is 4. The van der Waals surface area contributed by atoms with Crippen molar-refractivity contribution in [2.24, 2.45) is 11.7 Å². The number of benzene rings is 2. The van der Waals surface area contributed by atoms with Gasteiger partial charge in [-0.3, -0.25) is 9.59 Å². The van der Waals surface area contributed by atoms with Gasteiger partial charge in [0.15, 0.2) is 0 Å². The number of phenols is 1. The number of nitrogens with zero attached hydrogens (tertiary/aromatic N) is 1. The molecule has 0 saturated carbocycles. The molecule has 3 atom stereocenters. The highest BCUT2D eigenvalue weighted by Crippen LogP contribution is 2.54. The van der Waals surface area contributed by atoms with Crippen LogP contribution >= 0.6 is 11.8 Å². The van der Waals surface area contributed by atoms with Crippen molar-refractivity contribution >= 4 is 41.2 Å². The first kappa shape index (κ1) is 19.2. The van der Waals surface area contributed by atoms with E-state index in [-0.39, 0.29) is 33.4 Å². The molecule has 9 nitrogen and oxygen atoms in total. The lowest BCUT2D eigenvalue weighted by molar-refractivity contribution is -0.131. The third-order valence-electron chi connectivity index (χ3n) is 5.61. The third kappa shape index (κ3) is 2.72. The minimum atomic E-state index is -1.13. The van der Waals surface area contributed by atoms with Gasteiger partial charge < -0.3 is 20.7 Å². The lowest BCUT2D eigenvalue weighted by Gasteiger charge is -2.36. The number of hydrogen-bond donors (Lipinski definition) is 3. The smallest absolute Gasteiger partial charge is 0.342 e. The van der Waals surface area contributed by atoms with Crippen molar-refractivity contribution in [3.8, 4) is 11.5 Å². The van der Waals surface area contributed by atoms with Crippen molar-refractivity contribution < 1.29 is 34.1 Å². The van der Waals surface area contributed by atoms with Crippen LogP contribution < -0.4 is 15.4 Å². The Kier molecular flexibility index (Phi) is 4.09. The summed E-state index contributed by atoms with van der Waals surface area (Å²) < 4.78 is 5.29. The van der Waals surface area contributed by atoms with Crippen LogP contribution in [0.15, 0.2) is 53.1 Å². The number of aromatic hydroxyl groups is 1. The molecular weight excluding hydrogens is 424 g/mol. The number of aromatic carboxylic acids is 1. The predicted octanol–water partition coefficient (Wildman–Crippen LogP) is 1.57. The fourth-order valence-corrected chi connectivity index (χ4v) is 5.49. The minimum Gasteiger partial charge on any atom is -0.508 e. The van der Waals surface area contributed by atoms with Crippen LogP contribution in [0.3, 0.4) is 0 Å². The van der Waals surface area contributed by atoms with E-state index in [1.807, 2.05) is 0 Å². The average Bonchev–Trinajstić information content (AvgIpc) is 2.97. The van der Waals surface area contributed by atoms with Gasteiger partial charge in [-0.25, -0.2) is 14.5 Å². The summed E-state index contributed by atoms with van der Waals surface area (Å²) in [7, 11) is 0. The first-order chi connectivity index (χ1) is 14.8. The summed E-state index contributed by atoms with van der Waals surface area (Å²) in [4.78, 5) is 51.3. The molecule has 0 bridgehead atoms. The predicted molar refractivity (Wildman–Crippen MR) is 108 cm³/mol. The molecule has 0 aliphatic carbocycles. The van der Waals surface area contributed by atoms with Gasteiger partial charge in [0.1, 0.15) is 16.7 Å². The van der Waals surface area contributed by atoms with Crippen molar-refractivity contribution in [2.45, 2.75) is 11.2 Å². The van der Waals surface area contributed by atoms with Gasteiger partial charge in [0.05, 0.1) is 27.8 Å². The van der Waals surface area contributed by atoms with Crippen LogP contribution in [-0.2, 0) is 14.4 Å². The molecule has 3 aliphatic heterocycles. The molecule has 2 amide bonds. The topological polar surface area (TPSA) is 147 Å². The number of carboxylic acids is 1. The Morgan fingerprint density at radius 1 is 1.06 bits per heavy atom. The van der Waals surface area contributed by atoms with E-state index in [0.717, 1.165) is 16.7 Å². The molecule has 4 N–H and O–H groups in total. The number of anilines is 1. The number of nitrogens with two attached hydrogens (primary N) is 1. The molecular formula is C21H14N2O7S. The molecule has 0 unspecified atom stereocenters. The zero-order valence-corrected chi connectivity index (χ0v) is 16.5. The van der Waals surface area contributed by atoms with Gasteiger partial charge in [0.25, 0.3) is 0 Å². The fourth-order valence-electron chi connectivity index (χ4n) is 4.25. The van der Waals surface area contributed by atoms with Crippen LogP contribution in [0.2, 0.25) is 0 Å². The van der Waals surface area contributed by atoms with Gasteiger partial charge in [-0.2, -0.15) is 0 Å². The molecule has 0 aromatic heterocycles. The van der Waals surface area contributed by atoms with Crippen LogP contribution in [0.1, 0.15) is 21.8 Å². The molecule has 156 valence electrons. The highest BCUT2D eigenvalue weighted by atomic mass is 32.2. The Balaban J connectivity index is 1.61. The fraction of sp³-hybridized carbons (Fsp3) is 0.143. The molecule has 3 heterocycles. The Morgan fingerprint density at radius 2 is 1.77 bits per heavy atom. The normalized spacial score (nSPS) is 24.5. The summed E-state index contributed by atoms with van der Waals surface area (Å²) in [6.45, 7) is 0. The number of rotatable bonds is 2. The summed E-state index contributed by atoms with van der Waals surface area (Å²) in [5, 5.41) is 18.1. The largest absolute Gasteiger partial charge is 0.508 e. The number of hydrogen-bond acceptors (Lipinski definition) is 8. The summed E-state index contributed by atoms with van der Waals surface area (Å²) in [5.41, 5.74) is 6.97. The molecule has 2 aromatic rings. The Hall–Kier alpha value is -3.79. The molecule has 2 aromatic carbocycles. The van der Waals surface area contributed by atoms with Crippen molar-refractivity contribution in [2.75, 3.05) is 4.90 Å². The van der Waals surface area contributed by atoms with E-state index in [9.17, 15) is 24.3 Å². The molecule has 3 aliphatic rings. The van der Waals surface area contributed by atoms with Crippen LogP contribution in [0.5, 0.6) is 11.5 Å². The molecule has 5 rings (SSSR count). The van der Waals surface area contributed by atoms with E-state index in [1.54, 1.807) is 6.07 Å². The minimum absolute atomic E-state index is 0.0200. The highest BCUT2D eigenvalue weighted by molar-refractivity contribution is 8.04. The standard InChI is InChI=1S/C21H14N2O7S/c22-17-15-13(11-6-5-10(24)7-12(11)30-21(15)29)14-16(31-17)19(26)23(18(14)25)9-3-1-8(2-4-9)20(27)28/h1-7,13-14,16,24H,22H2,(H,27,28)/t13-,14+,16-/m0/s1. The van der Waals surface area contributed by atoms with Crippen molar-refractivity contribution in [1.82, 2.24) is 0 Å². The Morgan fingerprint density at radius 3 is 2.45 bits per heavy atom. The molecule has 1 fully saturated rings. The number of imide groups is 1. The van der Waals surface area contributed by atoms with Crippen molar-refractivity contribution in [3.63, 3.8) is 0 Å². The maximum atomic E-state index is 13.4. The second-order valence-electron chi connectivity index (χ2n) is 7.30. The van der Waals surface area contributed by atoms with Crippen LogP contribution in [0.4, 0.5) is 5.69 Å². The van der Waals surface area contributed by atoms with E-state index >= 15 is 0 Å². The van der Waals surface area contributed by atoms with Crippen LogP contribution in [0, 0.1) is 5.92 Å². The zero-order valence-electron chi connectivity index (χ0n) is 15.6. The number of esters is 1. The molecule has 31 heavy (non-hydrogen) atoms. The second kappa shape index (κ2) is 6.61. The number of carbonyl (C=O) groups excluding carboxylic acids is 3. The first-order valence-corrected chi connectivity index (χ1v) is 10.1. The number of thioether (sulfide) groups is 1. The summed E-state index contributed by atoms with van der Waals surface area (Å²) in [6.07, 6.45) is 0. The third-order valence-corrected chi connectivity index (χ3v) is 6.83. The van der Waals surface area contributed by atoms with Gasteiger partial charge in [-0.1, -0.05) is 17.8 Å². The van der Waals surface area contributed by atoms with Crippen molar-refractivity contribution in [3.05, 3.63) is 64.2 Å². The van der Waals surface area contributed by atoms with Crippen LogP contribution in [0.25, 0.3) is 0 Å². The number of fused-ring (bicyclic) bond motifs is 5. The number of phenolic OH excluding ortho intramolecular Hbond substituents is 1.